The lowest BCUT2D eigenvalue weighted by atomic mass is 9.93. The molecule has 1 aromatic heterocycles. The van der Waals surface area contributed by atoms with Crippen molar-refractivity contribution in [3.8, 4) is 0 Å². The minimum Gasteiger partial charge on any atom is -0.460 e. The Morgan fingerprint density at radius 2 is 2.08 bits per heavy atom. The van der Waals surface area contributed by atoms with Gasteiger partial charge in [0.1, 0.15) is 11.8 Å². The van der Waals surface area contributed by atoms with Crippen LogP contribution in [-0.2, 0) is 9.53 Å². The maximum Gasteiger partial charge on any atom is 0.306 e. The van der Waals surface area contributed by atoms with E-state index in [4.69, 9.17) is 4.74 Å². The molecule has 0 spiro atoms. The van der Waals surface area contributed by atoms with Crippen LogP contribution in [0.2, 0.25) is 0 Å². The summed E-state index contributed by atoms with van der Waals surface area (Å²) in [5, 5.41) is 10.6. The number of rotatable bonds is 4. The van der Waals surface area contributed by atoms with E-state index in [-0.39, 0.29) is 23.4 Å². The zero-order chi connectivity index (χ0) is 17.9. The van der Waals surface area contributed by atoms with E-state index in [1.165, 1.54) is 0 Å². The van der Waals surface area contributed by atoms with Crippen LogP contribution in [0.4, 0.5) is 15.9 Å². The van der Waals surface area contributed by atoms with E-state index >= 15 is 0 Å². The summed E-state index contributed by atoms with van der Waals surface area (Å²) in [6, 6.07) is 0.884. The van der Waals surface area contributed by atoms with Crippen molar-refractivity contribution in [3.63, 3.8) is 0 Å². The van der Waals surface area contributed by atoms with Crippen molar-refractivity contribution in [2.45, 2.75) is 45.6 Å². The highest BCUT2D eigenvalue weighted by Gasteiger charge is 2.26. The Labute approximate surface area is 140 Å². The van der Waals surface area contributed by atoms with E-state index < -0.39 is 16.3 Å². The van der Waals surface area contributed by atoms with Crippen LogP contribution in [0, 0.1) is 21.8 Å². The maximum atomic E-state index is 14.0. The van der Waals surface area contributed by atoms with Gasteiger partial charge in [0.05, 0.1) is 11.0 Å². The molecule has 0 atom stereocenters. The van der Waals surface area contributed by atoms with Crippen LogP contribution in [0.25, 0.3) is 0 Å². The number of esters is 1. The lowest BCUT2D eigenvalue weighted by molar-refractivity contribution is -0.385. The molecule has 0 aliphatic carbocycles. The highest BCUT2D eigenvalue weighted by Crippen LogP contribution is 2.27. The molecule has 1 fully saturated rings. The molecule has 0 amide bonds. The quantitative estimate of drug-likeness (QED) is 0.476. The standard InChI is InChI=1S/C16H22FN3O4/c1-16(2,3)24-14(21)8-11-4-6-19(7-5-11)15-13(17)9-12(10-18-15)20(22)23/h9-11H,4-8H2,1-3H3. The monoisotopic (exact) mass is 339 g/mol. The van der Waals surface area contributed by atoms with Crippen LogP contribution < -0.4 is 4.90 Å². The maximum absolute atomic E-state index is 14.0. The molecule has 1 aromatic rings. The van der Waals surface area contributed by atoms with E-state index in [0.29, 0.717) is 19.5 Å². The number of nitrogens with zero attached hydrogens (tertiary/aromatic N) is 3. The molecule has 1 saturated heterocycles. The lowest BCUT2D eigenvalue weighted by Gasteiger charge is -2.32. The summed E-state index contributed by atoms with van der Waals surface area (Å²) in [5.41, 5.74) is -0.861. The molecular formula is C16H22FN3O4. The first kappa shape index (κ1) is 18.1. The zero-order valence-electron chi connectivity index (χ0n) is 14.1. The summed E-state index contributed by atoms with van der Waals surface area (Å²) in [4.78, 5) is 27.4. The molecule has 0 saturated carbocycles. The number of carbonyl (C=O) groups excluding carboxylic acids is 1. The summed E-state index contributed by atoms with van der Waals surface area (Å²) in [5.74, 6) is -0.607. The highest BCUT2D eigenvalue weighted by molar-refractivity contribution is 5.70. The van der Waals surface area contributed by atoms with Crippen molar-refractivity contribution in [2.75, 3.05) is 18.0 Å². The van der Waals surface area contributed by atoms with Gasteiger partial charge in [0.15, 0.2) is 11.6 Å². The predicted molar refractivity (Wildman–Crippen MR) is 86.2 cm³/mol. The Bertz CT molecular complexity index is 622. The number of aromatic nitrogens is 1. The van der Waals surface area contributed by atoms with Crippen molar-refractivity contribution in [3.05, 3.63) is 28.2 Å². The average molecular weight is 339 g/mol. The first-order valence-corrected chi connectivity index (χ1v) is 7.92. The zero-order valence-corrected chi connectivity index (χ0v) is 14.1. The first-order valence-electron chi connectivity index (χ1n) is 7.92. The van der Waals surface area contributed by atoms with Gasteiger partial charge in [0.2, 0.25) is 0 Å². The van der Waals surface area contributed by atoms with E-state index in [2.05, 4.69) is 4.98 Å². The third-order valence-electron chi connectivity index (χ3n) is 3.81. The van der Waals surface area contributed by atoms with E-state index in [9.17, 15) is 19.3 Å². The van der Waals surface area contributed by atoms with Crippen LogP contribution in [0.15, 0.2) is 12.3 Å². The lowest BCUT2D eigenvalue weighted by Crippen LogP contribution is -2.36. The van der Waals surface area contributed by atoms with Crippen LogP contribution in [0.3, 0.4) is 0 Å². The summed E-state index contributed by atoms with van der Waals surface area (Å²) < 4.78 is 19.3. The van der Waals surface area contributed by atoms with Crippen molar-refractivity contribution in [1.29, 1.82) is 0 Å². The number of carbonyl (C=O) groups is 1. The average Bonchev–Trinajstić information content (AvgIpc) is 2.46. The Kier molecular flexibility index (Phi) is 5.36. The molecule has 132 valence electrons. The van der Waals surface area contributed by atoms with Crippen molar-refractivity contribution < 1.29 is 18.8 Å². The van der Waals surface area contributed by atoms with Crippen molar-refractivity contribution in [2.24, 2.45) is 5.92 Å². The molecule has 7 nitrogen and oxygen atoms in total. The minimum absolute atomic E-state index is 0.122. The molecule has 0 unspecified atom stereocenters. The van der Waals surface area contributed by atoms with Crippen LogP contribution in [0.5, 0.6) is 0 Å². The molecule has 0 bridgehead atoms. The fourth-order valence-electron chi connectivity index (χ4n) is 2.72. The topological polar surface area (TPSA) is 85.6 Å². The van der Waals surface area contributed by atoms with Gasteiger partial charge in [-0.05, 0) is 39.5 Å². The molecule has 0 N–H and O–H groups in total. The second-order valence-corrected chi connectivity index (χ2v) is 6.98. The molecule has 1 aliphatic heterocycles. The largest absolute Gasteiger partial charge is 0.460 e. The van der Waals surface area contributed by atoms with E-state index in [0.717, 1.165) is 25.1 Å². The van der Waals surface area contributed by atoms with Gasteiger partial charge in [-0.1, -0.05) is 0 Å². The SMILES string of the molecule is CC(C)(C)OC(=O)CC1CCN(c2ncc([N+](=O)[O-])cc2F)CC1. The van der Waals surface area contributed by atoms with Gasteiger partial charge in [-0.25, -0.2) is 9.37 Å². The number of hydrogen-bond donors (Lipinski definition) is 0. The normalized spacial score (nSPS) is 16.1. The van der Waals surface area contributed by atoms with Gasteiger partial charge in [0, 0.05) is 19.5 Å². The molecular weight excluding hydrogens is 317 g/mol. The number of ether oxygens (including phenoxy) is 1. The number of piperidine rings is 1. The van der Waals surface area contributed by atoms with Gasteiger partial charge < -0.3 is 9.64 Å². The molecule has 1 aliphatic rings. The number of anilines is 1. The Morgan fingerprint density at radius 1 is 1.46 bits per heavy atom. The smallest absolute Gasteiger partial charge is 0.306 e. The Balaban J connectivity index is 1.91. The van der Waals surface area contributed by atoms with Crippen molar-refractivity contribution >= 4 is 17.5 Å². The third kappa shape index (κ3) is 4.87. The Morgan fingerprint density at radius 3 is 2.58 bits per heavy atom. The second-order valence-electron chi connectivity index (χ2n) is 6.98. The van der Waals surface area contributed by atoms with Crippen LogP contribution in [0.1, 0.15) is 40.0 Å². The fraction of sp³-hybridized carbons (Fsp3) is 0.625. The third-order valence-corrected chi connectivity index (χ3v) is 3.81. The summed E-state index contributed by atoms with van der Waals surface area (Å²) in [6.45, 7) is 6.59. The van der Waals surface area contributed by atoms with Gasteiger partial charge in [-0.3, -0.25) is 14.9 Å². The molecule has 0 aromatic carbocycles. The molecule has 0 radical (unpaired) electrons. The predicted octanol–water partition coefficient (Wildman–Crippen LogP) is 3.08. The van der Waals surface area contributed by atoms with E-state index in [1.807, 2.05) is 20.8 Å². The number of halogens is 1. The number of pyridine rings is 1. The van der Waals surface area contributed by atoms with Gasteiger partial charge >= 0.3 is 5.97 Å². The summed E-state index contributed by atoms with van der Waals surface area (Å²) in [6.07, 6.45) is 2.85. The van der Waals surface area contributed by atoms with Crippen molar-refractivity contribution in [1.82, 2.24) is 4.98 Å². The highest BCUT2D eigenvalue weighted by atomic mass is 19.1. The van der Waals surface area contributed by atoms with Crippen LogP contribution >= 0.6 is 0 Å². The minimum atomic E-state index is -0.699. The van der Waals surface area contributed by atoms with Gasteiger partial charge in [-0.2, -0.15) is 0 Å². The van der Waals surface area contributed by atoms with Gasteiger partial charge in [-0.15, -0.1) is 0 Å². The summed E-state index contributed by atoms with van der Waals surface area (Å²) in [7, 11) is 0. The Hall–Kier alpha value is -2.25. The second kappa shape index (κ2) is 7.11. The first-order chi connectivity index (χ1) is 11.2. The fourth-order valence-corrected chi connectivity index (χ4v) is 2.72. The molecule has 8 heteroatoms. The van der Waals surface area contributed by atoms with Crippen LogP contribution in [-0.4, -0.2) is 34.6 Å². The molecule has 2 rings (SSSR count). The van der Waals surface area contributed by atoms with Gasteiger partial charge in [0.25, 0.3) is 5.69 Å². The summed E-state index contributed by atoms with van der Waals surface area (Å²) >= 11 is 0. The molecule has 24 heavy (non-hydrogen) atoms. The van der Waals surface area contributed by atoms with E-state index in [1.54, 1.807) is 4.90 Å². The molecule has 2 heterocycles. The number of nitro groups is 1. The number of hydrogen-bond acceptors (Lipinski definition) is 6.